The van der Waals surface area contributed by atoms with E-state index in [1.165, 1.54) is 5.56 Å². The Labute approximate surface area is 96.0 Å². The van der Waals surface area contributed by atoms with Gasteiger partial charge in [-0.1, -0.05) is 18.2 Å². The number of hydrogen-bond acceptors (Lipinski definition) is 3. The Kier molecular flexibility index (Phi) is 3.80. The average Bonchev–Trinajstić information content (AvgIpc) is 2.73. The SMILES string of the molecule is COCCCC(O)C1Cc2ccccc2O1. The van der Waals surface area contributed by atoms with Gasteiger partial charge in [0.05, 0.1) is 6.10 Å². The maximum Gasteiger partial charge on any atom is 0.129 e. The molecule has 0 aliphatic carbocycles. The van der Waals surface area contributed by atoms with E-state index in [0.717, 1.165) is 25.0 Å². The van der Waals surface area contributed by atoms with Crippen LogP contribution in [0.5, 0.6) is 5.75 Å². The summed E-state index contributed by atoms with van der Waals surface area (Å²) in [6, 6.07) is 7.97. The normalized spacial score (nSPS) is 20.2. The maximum atomic E-state index is 9.97. The van der Waals surface area contributed by atoms with Crippen LogP contribution in [0.15, 0.2) is 24.3 Å². The van der Waals surface area contributed by atoms with Crippen LogP contribution in [0.4, 0.5) is 0 Å². The van der Waals surface area contributed by atoms with Crippen molar-refractivity contribution in [3.8, 4) is 5.75 Å². The van der Waals surface area contributed by atoms with Gasteiger partial charge in [0.1, 0.15) is 11.9 Å². The molecule has 3 nitrogen and oxygen atoms in total. The van der Waals surface area contributed by atoms with Crippen molar-refractivity contribution < 1.29 is 14.6 Å². The molecule has 0 spiro atoms. The molecule has 0 amide bonds. The van der Waals surface area contributed by atoms with E-state index in [4.69, 9.17) is 9.47 Å². The van der Waals surface area contributed by atoms with E-state index < -0.39 is 6.10 Å². The van der Waals surface area contributed by atoms with Crippen LogP contribution in [0.2, 0.25) is 0 Å². The second-order valence-corrected chi connectivity index (χ2v) is 4.17. The minimum Gasteiger partial charge on any atom is -0.487 e. The maximum absolute atomic E-state index is 9.97. The standard InChI is InChI=1S/C13H18O3/c1-15-8-4-6-11(14)13-9-10-5-2-3-7-12(10)16-13/h2-3,5,7,11,13-14H,4,6,8-9H2,1H3. The lowest BCUT2D eigenvalue weighted by atomic mass is 10.0. The van der Waals surface area contributed by atoms with Crippen molar-refractivity contribution in [1.82, 2.24) is 0 Å². The summed E-state index contributed by atoms with van der Waals surface area (Å²) < 4.78 is 10.7. The van der Waals surface area contributed by atoms with Crippen LogP contribution in [-0.2, 0) is 11.2 Å². The Hall–Kier alpha value is -1.06. The van der Waals surface area contributed by atoms with Gasteiger partial charge in [-0.15, -0.1) is 0 Å². The minimum atomic E-state index is -0.400. The van der Waals surface area contributed by atoms with Crippen LogP contribution in [0.25, 0.3) is 0 Å². The van der Waals surface area contributed by atoms with Crippen LogP contribution in [0.3, 0.4) is 0 Å². The van der Waals surface area contributed by atoms with Gasteiger partial charge < -0.3 is 14.6 Å². The first-order chi connectivity index (χ1) is 7.81. The Morgan fingerprint density at radius 1 is 1.50 bits per heavy atom. The fourth-order valence-electron chi connectivity index (χ4n) is 2.05. The molecule has 0 fully saturated rings. The predicted octanol–water partition coefficient (Wildman–Crippen LogP) is 1.78. The number of hydrogen-bond donors (Lipinski definition) is 1. The summed E-state index contributed by atoms with van der Waals surface area (Å²) in [6.45, 7) is 0.691. The molecule has 2 atom stereocenters. The molecule has 0 saturated carbocycles. The fourth-order valence-corrected chi connectivity index (χ4v) is 2.05. The number of rotatable bonds is 5. The highest BCUT2D eigenvalue weighted by Crippen LogP contribution is 2.30. The third-order valence-electron chi connectivity index (χ3n) is 2.95. The first-order valence-electron chi connectivity index (χ1n) is 5.73. The van der Waals surface area contributed by atoms with E-state index in [0.29, 0.717) is 6.61 Å². The van der Waals surface area contributed by atoms with Crippen molar-refractivity contribution in [2.24, 2.45) is 0 Å². The van der Waals surface area contributed by atoms with Crippen LogP contribution in [-0.4, -0.2) is 31.0 Å². The number of aliphatic hydroxyl groups excluding tert-OH is 1. The topological polar surface area (TPSA) is 38.7 Å². The Morgan fingerprint density at radius 3 is 3.06 bits per heavy atom. The molecule has 1 aromatic carbocycles. The van der Waals surface area contributed by atoms with E-state index >= 15 is 0 Å². The van der Waals surface area contributed by atoms with Gasteiger partial charge in [0.15, 0.2) is 0 Å². The first-order valence-corrected chi connectivity index (χ1v) is 5.73. The second-order valence-electron chi connectivity index (χ2n) is 4.17. The van der Waals surface area contributed by atoms with Gasteiger partial charge >= 0.3 is 0 Å². The molecule has 1 heterocycles. The van der Waals surface area contributed by atoms with Crippen molar-refractivity contribution in [3.63, 3.8) is 0 Å². The zero-order valence-electron chi connectivity index (χ0n) is 9.56. The molecule has 1 aliphatic rings. The van der Waals surface area contributed by atoms with Crippen LogP contribution in [0, 0.1) is 0 Å². The molecule has 2 rings (SSSR count). The summed E-state index contributed by atoms with van der Waals surface area (Å²) in [6.07, 6.45) is 1.92. The van der Waals surface area contributed by atoms with Gasteiger partial charge in [-0.3, -0.25) is 0 Å². The lowest BCUT2D eigenvalue weighted by molar-refractivity contribution is 0.0373. The molecule has 2 unspecified atom stereocenters. The highest BCUT2D eigenvalue weighted by atomic mass is 16.5. The van der Waals surface area contributed by atoms with E-state index in [1.54, 1.807) is 7.11 Å². The highest BCUT2D eigenvalue weighted by molar-refractivity contribution is 5.37. The third kappa shape index (κ3) is 2.54. The Morgan fingerprint density at radius 2 is 2.31 bits per heavy atom. The first kappa shape index (κ1) is 11.4. The molecular formula is C13H18O3. The summed E-state index contributed by atoms with van der Waals surface area (Å²) in [5.74, 6) is 0.915. The molecule has 0 radical (unpaired) electrons. The van der Waals surface area contributed by atoms with E-state index in [9.17, 15) is 5.11 Å². The lowest BCUT2D eigenvalue weighted by Gasteiger charge is -2.17. The van der Waals surface area contributed by atoms with Gasteiger partial charge in [0.25, 0.3) is 0 Å². The van der Waals surface area contributed by atoms with Crippen LogP contribution < -0.4 is 4.74 Å². The van der Waals surface area contributed by atoms with Crippen molar-refractivity contribution in [2.75, 3.05) is 13.7 Å². The van der Waals surface area contributed by atoms with E-state index in [-0.39, 0.29) is 6.10 Å². The predicted molar refractivity (Wildman–Crippen MR) is 61.7 cm³/mol. The van der Waals surface area contributed by atoms with Gasteiger partial charge in [0, 0.05) is 20.1 Å². The molecule has 16 heavy (non-hydrogen) atoms. The average molecular weight is 222 g/mol. The van der Waals surface area contributed by atoms with Crippen LogP contribution in [0.1, 0.15) is 18.4 Å². The van der Waals surface area contributed by atoms with Gasteiger partial charge in [-0.2, -0.15) is 0 Å². The van der Waals surface area contributed by atoms with Crippen molar-refractivity contribution in [3.05, 3.63) is 29.8 Å². The van der Waals surface area contributed by atoms with Gasteiger partial charge in [-0.25, -0.2) is 0 Å². The second kappa shape index (κ2) is 5.32. The van der Waals surface area contributed by atoms with E-state index in [2.05, 4.69) is 6.07 Å². The smallest absolute Gasteiger partial charge is 0.129 e. The Bertz CT molecular complexity index is 313. The molecule has 1 N–H and O–H groups in total. The number of aliphatic hydroxyl groups is 1. The number of fused-ring (bicyclic) bond motifs is 1. The molecule has 1 aromatic rings. The fraction of sp³-hybridized carbons (Fsp3) is 0.538. The van der Waals surface area contributed by atoms with Gasteiger partial charge in [0.2, 0.25) is 0 Å². The number of para-hydroxylation sites is 1. The summed E-state index contributed by atoms with van der Waals surface area (Å²) >= 11 is 0. The third-order valence-corrected chi connectivity index (χ3v) is 2.95. The zero-order valence-corrected chi connectivity index (χ0v) is 9.56. The quantitative estimate of drug-likeness (QED) is 0.772. The highest BCUT2D eigenvalue weighted by Gasteiger charge is 2.28. The van der Waals surface area contributed by atoms with E-state index in [1.807, 2.05) is 18.2 Å². The number of ether oxygens (including phenoxy) is 2. The summed E-state index contributed by atoms with van der Waals surface area (Å²) in [5, 5.41) is 9.97. The molecule has 0 bridgehead atoms. The minimum absolute atomic E-state index is 0.0887. The molecule has 1 aliphatic heterocycles. The molecule has 0 saturated heterocycles. The molecular weight excluding hydrogens is 204 g/mol. The van der Waals surface area contributed by atoms with Crippen molar-refractivity contribution in [1.29, 1.82) is 0 Å². The Balaban J connectivity index is 1.86. The number of benzene rings is 1. The van der Waals surface area contributed by atoms with Gasteiger partial charge in [-0.05, 0) is 24.5 Å². The van der Waals surface area contributed by atoms with Crippen molar-refractivity contribution in [2.45, 2.75) is 31.5 Å². The largest absolute Gasteiger partial charge is 0.487 e. The van der Waals surface area contributed by atoms with Crippen molar-refractivity contribution >= 4 is 0 Å². The summed E-state index contributed by atoms with van der Waals surface area (Å²) in [4.78, 5) is 0. The summed E-state index contributed by atoms with van der Waals surface area (Å²) in [5.41, 5.74) is 1.19. The lowest BCUT2D eigenvalue weighted by Crippen LogP contribution is -2.30. The zero-order chi connectivity index (χ0) is 11.4. The monoisotopic (exact) mass is 222 g/mol. The number of methoxy groups -OCH3 is 1. The summed E-state index contributed by atoms with van der Waals surface area (Å²) in [7, 11) is 1.67. The molecule has 88 valence electrons. The molecule has 3 heteroatoms. The van der Waals surface area contributed by atoms with Crippen LogP contribution >= 0.6 is 0 Å². The molecule has 0 aromatic heterocycles.